The van der Waals surface area contributed by atoms with Gasteiger partial charge in [0, 0.05) is 6.61 Å². The SMILES string of the molecule is CCCNC(COCC(C)C)C(=O)O. The first-order chi connectivity index (χ1) is 6.57. The fraction of sp³-hybridized carbons (Fsp3) is 0.900. The third kappa shape index (κ3) is 6.86. The largest absolute Gasteiger partial charge is 0.480 e. The Morgan fingerprint density at radius 3 is 2.50 bits per heavy atom. The predicted molar refractivity (Wildman–Crippen MR) is 55.4 cm³/mol. The Kier molecular flexibility index (Phi) is 7.42. The Hall–Kier alpha value is -0.610. The highest BCUT2D eigenvalue weighted by molar-refractivity contribution is 5.73. The minimum atomic E-state index is -0.845. The molecule has 0 aromatic heterocycles. The molecule has 0 heterocycles. The Bertz CT molecular complexity index is 159. The van der Waals surface area contributed by atoms with Crippen LogP contribution in [-0.2, 0) is 9.53 Å². The van der Waals surface area contributed by atoms with Gasteiger partial charge in [0.15, 0.2) is 0 Å². The van der Waals surface area contributed by atoms with Crippen LogP contribution in [-0.4, -0.2) is 36.9 Å². The fourth-order valence-electron chi connectivity index (χ4n) is 0.958. The van der Waals surface area contributed by atoms with E-state index in [4.69, 9.17) is 9.84 Å². The summed E-state index contributed by atoms with van der Waals surface area (Å²) in [5, 5.41) is 11.7. The second-order valence-corrected chi connectivity index (χ2v) is 3.78. The topological polar surface area (TPSA) is 58.6 Å². The van der Waals surface area contributed by atoms with E-state index in [1.807, 2.05) is 20.8 Å². The van der Waals surface area contributed by atoms with Crippen molar-refractivity contribution in [3.05, 3.63) is 0 Å². The van der Waals surface area contributed by atoms with Crippen molar-refractivity contribution in [1.29, 1.82) is 0 Å². The molecule has 0 amide bonds. The first-order valence-electron chi connectivity index (χ1n) is 5.11. The fourth-order valence-corrected chi connectivity index (χ4v) is 0.958. The predicted octanol–water partition coefficient (Wildman–Crippen LogP) is 1.11. The van der Waals surface area contributed by atoms with Gasteiger partial charge in [-0.05, 0) is 18.9 Å². The van der Waals surface area contributed by atoms with Crippen LogP contribution in [0.5, 0.6) is 0 Å². The quantitative estimate of drug-likeness (QED) is 0.620. The molecule has 2 N–H and O–H groups in total. The molecule has 0 aliphatic heterocycles. The Morgan fingerprint density at radius 2 is 2.07 bits per heavy atom. The average molecular weight is 203 g/mol. The number of carbonyl (C=O) groups is 1. The first kappa shape index (κ1) is 13.4. The molecular formula is C10H21NO3. The number of nitrogens with one attached hydrogen (secondary N) is 1. The molecule has 1 unspecified atom stereocenters. The number of carboxylic acid groups (broad SMARTS) is 1. The summed E-state index contributed by atoms with van der Waals surface area (Å²) in [4.78, 5) is 10.7. The number of hydrogen-bond donors (Lipinski definition) is 2. The molecule has 0 aromatic rings. The smallest absolute Gasteiger partial charge is 0.323 e. The van der Waals surface area contributed by atoms with Crippen LogP contribution in [0.1, 0.15) is 27.2 Å². The van der Waals surface area contributed by atoms with E-state index in [0.717, 1.165) is 6.42 Å². The molecule has 0 aliphatic rings. The highest BCUT2D eigenvalue weighted by atomic mass is 16.5. The standard InChI is InChI=1S/C10H21NO3/c1-4-5-11-9(10(12)13)7-14-6-8(2)3/h8-9,11H,4-7H2,1-3H3,(H,12,13). The molecule has 14 heavy (non-hydrogen) atoms. The van der Waals surface area contributed by atoms with Crippen molar-refractivity contribution in [3.8, 4) is 0 Å². The molecule has 1 atom stereocenters. The highest BCUT2D eigenvalue weighted by Crippen LogP contribution is 1.94. The van der Waals surface area contributed by atoms with Crippen molar-refractivity contribution in [2.75, 3.05) is 19.8 Å². The van der Waals surface area contributed by atoms with Gasteiger partial charge in [-0.15, -0.1) is 0 Å². The molecule has 0 saturated carbocycles. The summed E-state index contributed by atoms with van der Waals surface area (Å²) >= 11 is 0. The van der Waals surface area contributed by atoms with Crippen LogP contribution >= 0.6 is 0 Å². The lowest BCUT2D eigenvalue weighted by Gasteiger charge is -2.14. The van der Waals surface area contributed by atoms with Gasteiger partial charge in [0.2, 0.25) is 0 Å². The summed E-state index contributed by atoms with van der Waals surface area (Å²) < 4.78 is 5.27. The summed E-state index contributed by atoms with van der Waals surface area (Å²) in [6.45, 7) is 7.64. The zero-order chi connectivity index (χ0) is 11.0. The summed E-state index contributed by atoms with van der Waals surface area (Å²) in [6, 6.07) is -0.575. The van der Waals surface area contributed by atoms with Gasteiger partial charge < -0.3 is 15.2 Å². The maximum atomic E-state index is 10.7. The molecule has 0 rings (SSSR count). The van der Waals surface area contributed by atoms with E-state index in [0.29, 0.717) is 19.1 Å². The van der Waals surface area contributed by atoms with E-state index in [2.05, 4.69) is 5.32 Å². The highest BCUT2D eigenvalue weighted by Gasteiger charge is 2.16. The van der Waals surface area contributed by atoms with E-state index >= 15 is 0 Å². The third-order valence-corrected chi connectivity index (χ3v) is 1.67. The van der Waals surface area contributed by atoms with Crippen molar-refractivity contribution in [2.24, 2.45) is 5.92 Å². The van der Waals surface area contributed by atoms with Crippen molar-refractivity contribution in [1.82, 2.24) is 5.32 Å². The van der Waals surface area contributed by atoms with E-state index in [1.54, 1.807) is 0 Å². The van der Waals surface area contributed by atoms with Crippen LogP contribution in [0.3, 0.4) is 0 Å². The lowest BCUT2D eigenvalue weighted by molar-refractivity contribution is -0.141. The van der Waals surface area contributed by atoms with Crippen LogP contribution in [0.15, 0.2) is 0 Å². The number of hydrogen-bond acceptors (Lipinski definition) is 3. The molecule has 0 bridgehead atoms. The number of aliphatic carboxylic acids is 1. The maximum absolute atomic E-state index is 10.7. The summed E-state index contributed by atoms with van der Waals surface area (Å²) in [5.41, 5.74) is 0. The van der Waals surface area contributed by atoms with Gasteiger partial charge in [-0.3, -0.25) is 4.79 Å². The van der Waals surface area contributed by atoms with Crippen LogP contribution in [0.25, 0.3) is 0 Å². The Morgan fingerprint density at radius 1 is 1.43 bits per heavy atom. The van der Waals surface area contributed by atoms with Crippen LogP contribution in [0, 0.1) is 5.92 Å². The minimum Gasteiger partial charge on any atom is -0.480 e. The number of carboxylic acids is 1. The van der Waals surface area contributed by atoms with Crippen LogP contribution < -0.4 is 5.32 Å². The van der Waals surface area contributed by atoms with E-state index in [9.17, 15) is 4.79 Å². The van der Waals surface area contributed by atoms with Gasteiger partial charge >= 0.3 is 5.97 Å². The monoisotopic (exact) mass is 203 g/mol. The van der Waals surface area contributed by atoms with E-state index in [-0.39, 0.29) is 6.61 Å². The van der Waals surface area contributed by atoms with Gasteiger partial charge in [0.25, 0.3) is 0 Å². The van der Waals surface area contributed by atoms with Gasteiger partial charge in [0.05, 0.1) is 6.61 Å². The average Bonchev–Trinajstić information content (AvgIpc) is 2.09. The van der Waals surface area contributed by atoms with Gasteiger partial charge in [-0.2, -0.15) is 0 Å². The number of ether oxygens (including phenoxy) is 1. The zero-order valence-corrected chi connectivity index (χ0v) is 9.25. The molecule has 0 spiro atoms. The molecular weight excluding hydrogens is 182 g/mol. The normalized spacial score (nSPS) is 13.1. The van der Waals surface area contributed by atoms with Gasteiger partial charge in [-0.1, -0.05) is 20.8 Å². The lowest BCUT2D eigenvalue weighted by atomic mass is 10.2. The molecule has 0 radical (unpaired) electrons. The van der Waals surface area contributed by atoms with E-state index < -0.39 is 12.0 Å². The summed E-state index contributed by atoms with van der Waals surface area (Å²) in [7, 11) is 0. The second kappa shape index (κ2) is 7.76. The van der Waals surface area contributed by atoms with Gasteiger partial charge in [-0.25, -0.2) is 0 Å². The Labute approximate surface area is 85.6 Å². The van der Waals surface area contributed by atoms with Gasteiger partial charge in [0.1, 0.15) is 6.04 Å². The first-order valence-corrected chi connectivity index (χ1v) is 5.11. The minimum absolute atomic E-state index is 0.244. The molecule has 4 nitrogen and oxygen atoms in total. The van der Waals surface area contributed by atoms with Crippen molar-refractivity contribution in [3.63, 3.8) is 0 Å². The molecule has 4 heteroatoms. The van der Waals surface area contributed by atoms with Crippen molar-refractivity contribution in [2.45, 2.75) is 33.2 Å². The second-order valence-electron chi connectivity index (χ2n) is 3.78. The Balaban J connectivity index is 3.68. The van der Waals surface area contributed by atoms with Crippen molar-refractivity contribution >= 4 is 5.97 Å². The van der Waals surface area contributed by atoms with Crippen molar-refractivity contribution < 1.29 is 14.6 Å². The lowest BCUT2D eigenvalue weighted by Crippen LogP contribution is -2.41. The van der Waals surface area contributed by atoms with Crippen LogP contribution in [0.2, 0.25) is 0 Å². The van der Waals surface area contributed by atoms with Crippen LogP contribution in [0.4, 0.5) is 0 Å². The maximum Gasteiger partial charge on any atom is 0.323 e. The molecule has 0 aliphatic carbocycles. The molecule has 0 saturated heterocycles. The third-order valence-electron chi connectivity index (χ3n) is 1.67. The summed E-state index contributed by atoms with van der Waals surface area (Å²) in [6.07, 6.45) is 0.925. The number of rotatable bonds is 8. The molecule has 0 fully saturated rings. The molecule has 84 valence electrons. The summed E-state index contributed by atoms with van der Waals surface area (Å²) in [5.74, 6) is -0.405. The van der Waals surface area contributed by atoms with E-state index in [1.165, 1.54) is 0 Å². The zero-order valence-electron chi connectivity index (χ0n) is 9.25. The molecule has 0 aromatic carbocycles.